The number of hydrogen-bond acceptors (Lipinski definition) is 4. The molecule has 2 aromatic rings. The van der Waals surface area contributed by atoms with Crippen LogP contribution in [0.3, 0.4) is 0 Å². The SMILES string of the molecule is CCNC(Cc1ncnn1C(C)C)c1ccc(CC)s1. The Hall–Kier alpha value is -1.20. The number of rotatable bonds is 7. The first-order chi connectivity index (χ1) is 9.65. The van der Waals surface area contributed by atoms with E-state index in [9.17, 15) is 0 Å². The normalized spacial score (nSPS) is 13.1. The Labute approximate surface area is 125 Å². The Kier molecular flexibility index (Phi) is 5.31. The van der Waals surface area contributed by atoms with Crippen LogP contribution in [0.5, 0.6) is 0 Å². The summed E-state index contributed by atoms with van der Waals surface area (Å²) < 4.78 is 2.01. The summed E-state index contributed by atoms with van der Waals surface area (Å²) in [6, 6.07) is 5.15. The van der Waals surface area contributed by atoms with Crippen LogP contribution in [-0.4, -0.2) is 21.3 Å². The van der Waals surface area contributed by atoms with Crippen molar-refractivity contribution in [3.05, 3.63) is 34.0 Å². The topological polar surface area (TPSA) is 42.7 Å². The third kappa shape index (κ3) is 3.46. The highest BCUT2D eigenvalue weighted by molar-refractivity contribution is 7.12. The summed E-state index contributed by atoms with van der Waals surface area (Å²) in [5.74, 6) is 1.05. The maximum Gasteiger partial charge on any atom is 0.138 e. The van der Waals surface area contributed by atoms with Crippen molar-refractivity contribution in [2.24, 2.45) is 0 Å². The molecule has 2 heterocycles. The number of thiophene rings is 1. The summed E-state index contributed by atoms with van der Waals surface area (Å²) in [6.07, 6.45) is 3.64. The number of nitrogens with zero attached hydrogens (tertiary/aromatic N) is 3. The fourth-order valence-corrected chi connectivity index (χ4v) is 3.35. The average molecular weight is 292 g/mol. The van der Waals surface area contributed by atoms with Gasteiger partial charge in [0, 0.05) is 28.3 Å². The molecule has 0 aliphatic carbocycles. The van der Waals surface area contributed by atoms with Crippen LogP contribution in [0.4, 0.5) is 0 Å². The molecular formula is C15H24N4S. The van der Waals surface area contributed by atoms with Gasteiger partial charge in [-0.2, -0.15) is 5.10 Å². The lowest BCUT2D eigenvalue weighted by Gasteiger charge is -2.17. The van der Waals surface area contributed by atoms with Gasteiger partial charge in [-0.1, -0.05) is 13.8 Å². The number of hydrogen-bond donors (Lipinski definition) is 1. The van der Waals surface area contributed by atoms with Gasteiger partial charge in [-0.3, -0.25) is 0 Å². The van der Waals surface area contributed by atoms with E-state index in [0.29, 0.717) is 12.1 Å². The average Bonchev–Trinajstić information content (AvgIpc) is 3.06. The molecule has 0 amide bonds. The van der Waals surface area contributed by atoms with E-state index in [1.807, 2.05) is 16.0 Å². The first-order valence-electron chi connectivity index (χ1n) is 7.36. The van der Waals surface area contributed by atoms with Crippen molar-refractivity contribution in [3.8, 4) is 0 Å². The molecule has 0 aliphatic rings. The standard InChI is InChI=1S/C15H24N4S/c1-5-12-7-8-14(20-12)13(16-6-2)9-15-17-10-18-19(15)11(3)4/h7-8,10-11,13,16H,5-6,9H2,1-4H3. The summed E-state index contributed by atoms with van der Waals surface area (Å²) in [5, 5.41) is 7.90. The zero-order chi connectivity index (χ0) is 14.5. The molecule has 1 unspecified atom stereocenters. The molecule has 0 spiro atoms. The van der Waals surface area contributed by atoms with Crippen LogP contribution in [0.2, 0.25) is 0 Å². The summed E-state index contributed by atoms with van der Waals surface area (Å²) in [7, 11) is 0. The Balaban J connectivity index is 2.18. The van der Waals surface area contributed by atoms with Crippen molar-refractivity contribution >= 4 is 11.3 Å². The van der Waals surface area contributed by atoms with Crippen LogP contribution in [0.15, 0.2) is 18.5 Å². The van der Waals surface area contributed by atoms with Gasteiger partial charge in [0.25, 0.3) is 0 Å². The van der Waals surface area contributed by atoms with Gasteiger partial charge < -0.3 is 5.32 Å². The van der Waals surface area contributed by atoms with Crippen LogP contribution >= 0.6 is 11.3 Å². The highest BCUT2D eigenvalue weighted by Crippen LogP contribution is 2.26. The summed E-state index contributed by atoms with van der Waals surface area (Å²) in [5.41, 5.74) is 0. The molecule has 0 aromatic carbocycles. The van der Waals surface area contributed by atoms with Crippen LogP contribution in [-0.2, 0) is 12.8 Å². The molecule has 0 saturated carbocycles. The fourth-order valence-electron chi connectivity index (χ4n) is 2.33. The minimum absolute atomic E-state index is 0.326. The summed E-state index contributed by atoms with van der Waals surface area (Å²) >= 11 is 1.90. The predicted molar refractivity (Wildman–Crippen MR) is 84.2 cm³/mol. The highest BCUT2D eigenvalue weighted by atomic mass is 32.1. The molecule has 0 radical (unpaired) electrons. The first-order valence-corrected chi connectivity index (χ1v) is 8.17. The second kappa shape index (κ2) is 6.99. The third-order valence-electron chi connectivity index (χ3n) is 3.35. The largest absolute Gasteiger partial charge is 0.309 e. The van der Waals surface area contributed by atoms with E-state index in [1.165, 1.54) is 9.75 Å². The number of aryl methyl sites for hydroxylation is 1. The van der Waals surface area contributed by atoms with Gasteiger partial charge in [0.1, 0.15) is 12.2 Å². The van der Waals surface area contributed by atoms with Gasteiger partial charge >= 0.3 is 0 Å². The van der Waals surface area contributed by atoms with Crippen molar-refractivity contribution < 1.29 is 0 Å². The summed E-state index contributed by atoms with van der Waals surface area (Å²) in [4.78, 5) is 7.26. The fraction of sp³-hybridized carbons (Fsp3) is 0.600. The van der Waals surface area contributed by atoms with E-state index < -0.39 is 0 Å². The van der Waals surface area contributed by atoms with Crippen molar-refractivity contribution in [2.75, 3.05) is 6.54 Å². The third-order valence-corrected chi connectivity index (χ3v) is 4.69. The van der Waals surface area contributed by atoms with Crippen LogP contribution in [0, 0.1) is 0 Å². The zero-order valence-electron chi connectivity index (χ0n) is 12.8. The highest BCUT2D eigenvalue weighted by Gasteiger charge is 2.17. The lowest BCUT2D eigenvalue weighted by Crippen LogP contribution is -2.24. The molecule has 2 aromatic heterocycles. The molecule has 1 N–H and O–H groups in total. The predicted octanol–water partition coefficient (Wildman–Crippen LogP) is 3.38. The molecule has 20 heavy (non-hydrogen) atoms. The first kappa shape index (κ1) is 15.2. The quantitative estimate of drug-likeness (QED) is 0.850. The van der Waals surface area contributed by atoms with Crippen molar-refractivity contribution in [1.29, 1.82) is 0 Å². The van der Waals surface area contributed by atoms with Gasteiger partial charge in [0.15, 0.2) is 0 Å². The molecule has 2 rings (SSSR count). The molecule has 0 saturated heterocycles. The molecule has 0 bridgehead atoms. The molecule has 5 heteroatoms. The van der Waals surface area contributed by atoms with Crippen molar-refractivity contribution in [2.45, 2.75) is 52.6 Å². The Morgan fingerprint density at radius 1 is 1.30 bits per heavy atom. The van der Waals surface area contributed by atoms with E-state index in [-0.39, 0.29) is 0 Å². The maximum atomic E-state index is 4.43. The monoisotopic (exact) mass is 292 g/mol. The smallest absolute Gasteiger partial charge is 0.138 e. The molecule has 0 fully saturated rings. The Bertz CT molecular complexity index is 529. The van der Waals surface area contributed by atoms with Gasteiger partial charge in [0.05, 0.1) is 0 Å². The van der Waals surface area contributed by atoms with Gasteiger partial charge in [-0.05, 0) is 38.9 Å². The minimum Gasteiger partial charge on any atom is -0.309 e. The maximum absolute atomic E-state index is 4.43. The van der Waals surface area contributed by atoms with Gasteiger partial charge in [-0.25, -0.2) is 9.67 Å². The van der Waals surface area contributed by atoms with E-state index in [1.54, 1.807) is 6.33 Å². The van der Waals surface area contributed by atoms with E-state index >= 15 is 0 Å². The second-order valence-corrected chi connectivity index (χ2v) is 6.39. The van der Waals surface area contributed by atoms with Crippen molar-refractivity contribution in [1.82, 2.24) is 20.1 Å². The number of nitrogens with one attached hydrogen (secondary N) is 1. The molecular weight excluding hydrogens is 268 g/mol. The number of likely N-dealkylation sites (N-methyl/N-ethyl adjacent to an activating group) is 1. The Morgan fingerprint density at radius 3 is 2.70 bits per heavy atom. The van der Waals surface area contributed by atoms with Crippen LogP contribution in [0.1, 0.15) is 55.4 Å². The van der Waals surface area contributed by atoms with Crippen LogP contribution in [0.25, 0.3) is 0 Å². The van der Waals surface area contributed by atoms with E-state index in [2.05, 4.69) is 55.2 Å². The van der Waals surface area contributed by atoms with Gasteiger partial charge in [-0.15, -0.1) is 11.3 Å². The summed E-state index contributed by atoms with van der Waals surface area (Å²) in [6.45, 7) is 9.59. The van der Waals surface area contributed by atoms with E-state index in [4.69, 9.17) is 0 Å². The molecule has 110 valence electrons. The van der Waals surface area contributed by atoms with Gasteiger partial charge in [0.2, 0.25) is 0 Å². The molecule has 4 nitrogen and oxygen atoms in total. The Morgan fingerprint density at radius 2 is 2.10 bits per heavy atom. The lowest BCUT2D eigenvalue weighted by atomic mass is 10.1. The molecule has 1 atom stereocenters. The number of aromatic nitrogens is 3. The zero-order valence-corrected chi connectivity index (χ0v) is 13.6. The van der Waals surface area contributed by atoms with E-state index in [0.717, 1.165) is 25.2 Å². The second-order valence-electron chi connectivity index (χ2n) is 5.19. The minimum atomic E-state index is 0.326. The molecule has 0 aliphatic heterocycles. The van der Waals surface area contributed by atoms with Crippen molar-refractivity contribution in [3.63, 3.8) is 0 Å². The van der Waals surface area contributed by atoms with Crippen LogP contribution < -0.4 is 5.32 Å². The lowest BCUT2D eigenvalue weighted by molar-refractivity contribution is 0.471.